The number of benzene rings is 1. The highest BCUT2D eigenvalue weighted by Crippen LogP contribution is 2.23. The number of rotatable bonds is 4. The van der Waals surface area contributed by atoms with Gasteiger partial charge in [-0.15, -0.1) is 0 Å². The molecule has 0 saturated carbocycles. The van der Waals surface area contributed by atoms with Crippen LogP contribution in [0.25, 0.3) is 0 Å². The first-order valence-electron chi connectivity index (χ1n) is 5.70. The van der Waals surface area contributed by atoms with Gasteiger partial charge in [-0.1, -0.05) is 0 Å². The Balaban J connectivity index is 3.14. The first-order valence-corrected chi connectivity index (χ1v) is 7.24. The molecule has 0 heterocycles. The van der Waals surface area contributed by atoms with Gasteiger partial charge >= 0.3 is 0 Å². The lowest BCUT2D eigenvalue weighted by atomic mass is 10.1. The number of nitrogens with two attached hydrogens (primary N) is 1. The summed E-state index contributed by atoms with van der Waals surface area (Å²) in [5, 5.41) is 7.80. The lowest BCUT2D eigenvalue weighted by Crippen LogP contribution is -2.27. The molecule has 0 spiro atoms. The zero-order chi connectivity index (χ0) is 14.8. The van der Waals surface area contributed by atoms with Gasteiger partial charge in [-0.2, -0.15) is 0 Å². The second-order valence-electron chi connectivity index (χ2n) is 4.74. The van der Waals surface area contributed by atoms with E-state index in [1.54, 1.807) is 25.9 Å². The summed E-state index contributed by atoms with van der Waals surface area (Å²) in [7, 11) is -0.233. The fourth-order valence-electron chi connectivity index (χ4n) is 1.60. The number of carbonyl (C=O) groups excluding carboxylic acids is 1. The Hall–Kier alpha value is -1.44. The van der Waals surface area contributed by atoms with Gasteiger partial charge in [-0.05, 0) is 51.2 Å². The monoisotopic (exact) mass is 285 g/mol. The first kappa shape index (κ1) is 15.6. The van der Waals surface area contributed by atoms with Gasteiger partial charge in [0.15, 0.2) is 0 Å². The molecule has 3 N–H and O–H groups in total. The number of hydrogen-bond acceptors (Lipinski definition) is 4. The van der Waals surface area contributed by atoms with Crippen LogP contribution < -0.4 is 10.5 Å². The maximum Gasteiger partial charge on any atom is 0.238 e. The molecule has 0 saturated heterocycles. The lowest BCUT2D eigenvalue weighted by molar-refractivity contribution is -0.116. The lowest BCUT2D eigenvalue weighted by Gasteiger charge is -2.14. The highest BCUT2D eigenvalue weighted by molar-refractivity contribution is 7.89. The van der Waals surface area contributed by atoms with E-state index in [0.29, 0.717) is 5.69 Å². The molecular formula is C12H19N3O3S. The number of primary sulfonamides is 1. The van der Waals surface area contributed by atoms with E-state index in [-0.39, 0.29) is 17.3 Å². The van der Waals surface area contributed by atoms with Gasteiger partial charge in [0, 0.05) is 5.69 Å². The minimum Gasteiger partial charge on any atom is -0.325 e. The summed E-state index contributed by atoms with van der Waals surface area (Å²) in [4.78, 5) is 13.4. The molecule has 6 nitrogen and oxygen atoms in total. The smallest absolute Gasteiger partial charge is 0.238 e. The second kappa shape index (κ2) is 5.68. The molecule has 106 valence electrons. The Bertz CT molecular complexity index is 594. The SMILES string of the molecule is Cc1cc(S(N)(=O)=O)cc(NC(=O)CN(C)C)c1C. The first-order chi connectivity index (χ1) is 8.61. The number of sulfonamides is 1. The van der Waals surface area contributed by atoms with E-state index in [4.69, 9.17) is 5.14 Å². The van der Waals surface area contributed by atoms with Crippen molar-refractivity contribution in [3.05, 3.63) is 23.3 Å². The predicted octanol–water partition coefficient (Wildman–Crippen LogP) is 0.451. The van der Waals surface area contributed by atoms with Gasteiger partial charge < -0.3 is 10.2 Å². The van der Waals surface area contributed by atoms with Gasteiger partial charge in [0.2, 0.25) is 15.9 Å². The average Bonchev–Trinajstić information content (AvgIpc) is 2.21. The van der Waals surface area contributed by atoms with Crippen molar-refractivity contribution in [2.24, 2.45) is 5.14 Å². The van der Waals surface area contributed by atoms with Crippen molar-refractivity contribution in [2.45, 2.75) is 18.7 Å². The fourth-order valence-corrected chi connectivity index (χ4v) is 2.22. The third-order valence-corrected chi connectivity index (χ3v) is 3.60. The van der Waals surface area contributed by atoms with Crippen LogP contribution in [0.2, 0.25) is 0 Å². The minimum absolute atomic E-state index is 0.00393. The maximum absolute atomic E-state index is 11.7. The van der Waals surface area contributed by atoms with Crippen molar-refractivity contribution in [1.29, 1.82) is 0 Å². The van der Waals surface area contributed by atoms with Crippen LogP contribution in [0.5, 0.6) is 0 Å². The zero-order valence-electron chi connectivity index (χ0n) is 11.5. The van der Waals surface area contributed by atoms with Crippen LogP contribution in [0.3, 0.4) is 0 Å². The van der Waals surface area contributed by atoms with Gasteiger partial charge in [0.1, 0.15) is 0 Å². The Morgan fingerprint density at radius 3 is 2.37 bits per heavy atom. The molecule has 0 radical (unpaired) electrons. The van der Waals surface area contributed by atoms with E-state index in [1.807, 2.05) is 6.92 Å². The normalized spacial score (nSPS) is 11.7. The highest BCUT2D eigenvalue weighted by atomic mass is 32.2. The highest BCUT2D eigenvalue weighted by Gasteiger charge is 2.14. The van der Waals surface area contributed by atoms with E-state index in [1.165, 1.54) is 12.1 Å². The molecule has 1 aromatic rings. The van der Waals surface area contributed by atoms with Crippen molar-refractivity contribution in [3.8, 4) is 0 Å². The summed E-state index contributed by atoms with van der Waals surface area (Å²) < 4.78 is 22.7. The van der Waals surface area contributed by atoms with E-state index in [9.17, 15) is 13.2 Å². The number of amides is 1. The summed E-state index contributed by atoms with van der Waals surface area (Å²) in [6.45, 7) is 3.80. The summed E-state index contributed by atoms with van der Waals surface area (Å²) in [5.41, 5.74) is 2.04. The molecule has 0 unspecified atom stereocenters. The van der Waals surface area contributed by atoms with E-state index >= 15 is 0 Å². The number of carbonyl (C=O) groups is 1. The summed E-state index contributed by atoms with van der Waals surface area (Å²) >= 11 is 0. The van der Waals surface area contributed by atoms with Gasteiger partial charge in [-0.3, -0.25) is 4.79 Å². The summed E-state index contributed by atoms with van der Waals surface area (Å²) in [5.74, 6) is -0.209. The van der Waals surface area contributed by atoms with E-state index in [2.05, 4.69) is 5.32 Å². The molecule has 1 aromatic carbocycles. The van der Waals surface area contributed by atoms with Crippen molar-refractivity contribution < 1.29 is 13.2 Å². The van der Waals surface area contributed by atoms with Crippen molar-refractivity contribution in [1.82, 2.24) is 4.90 Å². The van der Waals surface area contributed by atoms with Crippen LogP contribution in [0.15, 0.2) is 17.0 Å². The van der Waals surface area contributed by atoms with E-state index < -0.39 is 10.0 Å². The predicted molar refractivity (Wildman–Crippen MR) is 74.5 cm³/mol. The molecule has 19 heavy (non-hydrogen) atoms. The summed E-state index contributed by atoms with van der Waals surface area (Å²) in [6, 6.07) is 2.87. The molecule has 0 atom stereocenters. The number of aryl methyl sites for hydroxylation is 1. The van der Waals surface area contributed by atoms with Crippen molar-refractivity contribution >= 4 is 21.6 Å². The second-order valence-corrected chi connectivity index (χ2v) is 6.31. The molecule has 0 aliphatic rings. The molecule has 0 aromatic heterocycles. The molecule has 0 aliphatic heterocycles. The minimum atomic E-state index is -3.79. The molecule has 0 bridgehead atoms. The average molecular weight is 285 g/mol. The molecule has 1 rings (SSSR count). The molecule has 0 aliphatic carbocycles. The molecular weight excluding hydrogens is 266 g/mol. The number of hydrogen-bond donors (Lipinski definition) is 2. The molecule has 1 amide bonds. The van der Waals surface area contributed by atoms with Crippen LogP contribution in [0, 0.1) is 13.8 Å². The Kier molecular flexibility index (Phi) is 4.67. The Morgan fingerprint density at radius 2 is 1.89 bits per heavy atom. The molecule has 0 fully saturated rings. The van der Waals surface area contributed by atoms with E-state index in [0.717, 1.165) is 11.1 Å². The Labute approximate surface area is 113 Å². The number of nitrogens with one attached hydrogen (secondary N) is 1. The fraction of sp³-hybridized carbons (Fsp3) is 0.417. The van der Waals surface area contributed by atoms with Gasteiger partial charge in [0.25, 0.3) is 0 Å². The standard InChI is InChI=1S/C12H19N3O3S/c1-8-5-10(19(13,17)18)6-11(9(8)2)14-12(16)7-15(3)4/h5-6H,7H2,1-4H3,(H,14,16)(H2,13,17,18). The van der Waals surface area contributed by atoms with Crippen molar-refractivity contribution in [3.63, 3.8) is 0 Å². The quantitative estimate of drug-likeness (QED) is 0.840. The number of anilines is 1. The van der Waals surface area contributed by atoms with Crippen LogP contribution in [-0.2, 0) is 14.8 Å². The van der Waals surface area contributed by atoms with Crippen LogP contribution in [-0.4, -0.2) is 39.9 Å². The number of nitrogens with zero attached hydrogens (tertiary/aromatic N) is 1. The van der Waals surface area contributed by atoms with Crippen molar-refractivity contribution in [2.75, 3.05) is 26.0 Å². The molecule has 7 heteroatoms. The largest absolute Gasteiger partial charge is 0.325 e. The van der Waals surface area contributed by atoms with Gasteiger partial charge in [-0.25, -0.2) is 13.6 Å². The van der Waals surface area contributed by atoms with Gasteiger partial charge in [0.05, 0.1) is 11.4 Å². The Morgan fingerprint density at radius 1 is 1.32 bits per heavy atom. The third kappa shape index (κ3) is 4.30. The van der Waals surface area contributed by atoms with Crippen LogP contribution in [0.1, 0.15) is 11.1 Å². The maximum atomic E-state index is 11.7. The summed E-state index contributed by atoms with van der Waals surface area (Å²) in [6.07, 6.45) is 0. The van der Waals surface area contributed by atoms with Crippen LogP contribution in [0.4, 0.5) is 5.69 Å². The third-order valence-electron chi connectivity index (χ3n) is 2.70. The number of likely N-dealkylation sites (N-methyl/N-ethyl adjacent to an activating group) is 1. The topological polar surface area (TPSA) is 92.5 Å². The van der Waals surface area contributed by atoms with Crippen LogP contribution >= 0.6 is 0 Å². The zero-order valence-corrected chi connectivity index (χ0v) is 12.3.